The standard InChI is InChI=1S/C9H12F2O3Si/c10-7-3-6(4-8(11)5-7)1-2-15-14-9(12)13/h3-5,9,12-13H,1-2,15H2. The predicted molar refractivity (Wildman–Crippen MR) is 52.7 cm³/mol. The zero-order valence-corrected chi connectivity index (χ0v) is 9.40. The van der Waals surface area contributed by atoms with Gasteiger partial charge in [-0.25, -0.2) is 8.78 Å². The van der Waals surface area contributed by atoms with Gasteiger partial charge in [0.15, 0.2) is 9.76 Å². The molecular formula is C9H12F2O3Si. The zero-order chi connectivity index (χ0) is 11.3. The van der Waals surface area contributed by atoms with Crippen LogP contribution >= 0.6 is 0 Å². The summed E-state index contributed by atoms with van der Waals surface area (Å²) < 4.78 is 30.0. The first-order valence-electron chi connectivity index (χ1n) is 4.50. The molecule has 0 heterocycles. The van der Waals surface area contributed by atoms with E-state index in [0.717, 1.165) is 6.07 Å². The molecule has 15 heavy (non-hydrogen) atoms. The first kappa shape index (κ1) is 12.2. The van der Waals surface area contributed by atoms with Gasteiger partial charge in [-0.05, 0) is 30.2 Å². The summed E-state index contributed by atoms with van der Waals surface area (Å²) in [6.45, 7) is -1.74. The lowest BCUT2D eigenvalue weighted by atomic mass is 10.2. The van der Waals surface area contributed by atoms with Gasteiger partial charge in [-0.3, -0.25) is 0 Å². The van der Waals surface area contributed by atoms with Crippen molar-refractivity contribution in [1.82, 2.24) is 0 Å². The van der Waals surface area contributed by atoms with Gasteiger partial charge in [0.05, 0.1) is 0 Å². The summed E-state index contributed by atoms with van der Waals surface area (Å²) in [5, 5.41) is 16.8. The van der Waals surface area contributed by atoms with E-state index in [1.54, 1.807) is 0 Å². The molecule has 0 aliphatic carbocycles. The Bertz CT molecular complexity index is 300. The summed E-state index contributed by atoms with van der Waals surface area (Å²) >= 11 is 0. The molecule has 0 aliphatic rings. The van der Waals surface area contributed by atoms with E-state index in [1.165, 1.54) is 12.1 Å². The molecule has 1 rings (SSSR count). The van der Waals surface area contributed by atoms with Crippen molar-refractivity contribution in [3.8, 4) is 0 Å². The molecule has 6 heteroatoms. The molecule has 0 saturated carbocycles. The minimum atomic E-state index is -1.74. The molecular weight excluding hydrogens is 222 g/mol. The van der Waals surface area contributed by atoms with Crippen molar-refractivity contribution >= 4 is 9.76 Å². The number of hydrogen-bond donors (Lipinski definition) is 2. The van der Waals surface area contributed by atoms with Gasteiger partial charge < -0.3 is 14.6 Å². The topological polar surface area (TPSA) is 49.7 Å². The van der Waals surface area contributed by atoms with Crippen LogP contribution in [-0.2, 0) is 10.8 Å². The molecule has 0 aliphatic heterocycles. The van der Waals surface area contributed by atoms with Gasteiger partial charge in [-0.15, -0.1) is 0 Å². The summed E-state index contributed by atoms with van der Waals surface area (Å²) in [6, 6.07) is 3.93. The average molecular weight is 234 g/mol. The average Bonchev–Trinajstić information content (AvgIpc) is 2.10. The van der Waals surface area contributed by atoms with E-state index >= 15 is 0 Å². The predicted octanol–water partition coefficient (Wildman–Crippen LogP) is 0.294. The highest BCUT2D eigenvalue weighted by Crippen LogP contribution is 2.09. The Morgan fingerprint density at radius 3 is 2.33 bits per heavy atom. The molecule has 2 N–H and O–H groups in total. The Morgan fingerprint density at radius 2 is 1.80 bits per heavy atom. The van der Waals surface area contributed by atoms with Crippen LogP contribution in [0.5, 0.6) is 0 Å². The summed E-state index contributed by atoms with van der Waals surface area (Å²) in [4.78, 5) is 0. The van der Waals surface area contributed by atoms with Crippen LogP contribution in [0, 0.1) is 11.6 Å². The van der Waals surface area contributed by atoms with E-state index in [1.807, 2.05) is 0 Å². The Hall–Kier alpha value is -0.823. The van der Waals surface area contributed by atoms with Crippen LogP contribution in [0.15, 0.2) is 18.2 Å². The lowest BCUT2D eigenvalue weighted by Crippen LogP contribution is -2.13. The molecule has 1 aromatic rings. The van der Waals surface area contributed by atoms with Crippen LogP contribution in [0.4, 0.5) is 8.78 Å². The normalized spacial score (nSPS) is 11.8. The second-order valence-electron chi connectivity index (χ2n) is 3.08. The fourth-order valence-corrected chi connectivity index (χ4v) is 2.15. The summed E-state index contributed by atoms with van der Waals surface area (Å²) in [7, 11) is -1.05. The van der Waals surface area contributed by atoms with Gasteiger partial charge in [0.25, 0.3) is 6.48 Å². The maximum atomic E-state index is 12.7. The molecule has 1 aromatic carbocycles. The number of rotatable bonds is 5. The van der Waals surface area contributed by atoms with E-state index in [4.69, 9.17) is 10.2 Å². The minimum Gasteiger partial charge on any atom is -0.379 e. The Morgan fingerprint density at radius 1 is 1.20 bits per heavy atom. The Balaban J connectivity index is 2.37. The van der Waals surface area contributed by atoms with Crippen molar-refractivity contribution in [3.63, 3.8) is 0 Å². The number of benzene rings is 1. The molecule has 0 saturated heterocycles. The maximum absolute atomic E-state index is 12.7. The van der Waals surface area contributed by atoms with Gasteiger partial charge in [-0.1, -0.05) is 0 Å². The number of hydrogen-bond acceptors (Lipinski definition) is 3. The van der Waals surface area contributed by atoms with E-state index in [0.29, 0.717) is 18.0 Å². The summed E-state index contributed by atoms with van der Waals surface area (Å²) in [5.74, 6) is -1.20. The van der Waals surface area contributed by atoms with Gasteiger partial charge >= 0.3 is 0 Å². The van der Waals surface area contributed by atoms with Gasteiger partial charge in [0, 0.05) is 6.07 Å². The van der Waals surface area contributed by atoms with Crippen LogP contribution in [0.1, 0.15) is 5.56 Å². The van der Waals surface area contributed by atoms with Gasteiger partial charge in [-0.2, -0.15) is 0 Å². The zero-order valence-electron chi connectivity index (χ0n) is 7.99. The molecule has 0 atom stereocenters. The van der Waals surface area contributed by atoms with Crippen molar-refractivity contribution in [2.45, 2.75) is 18.9 Å². The van der Waals surface area contributed by atoms with Crippen molar-refractivity contribution < 1.29 is 23.4 Å². The molecule has 0 fully saturated rings. The Kier molecular flexibility index (Phi) is 4.83. The minimum absolute atomic E-state index is 0.480. The molecule has 0 unspecified atom stereocenters. The molecule has 0 spiro atoms. The first-order chi connectivity index (χ1) is 7.08. The number of aliphatic hydroxyl groups excluding tert-OH is 1. The monoisotopic (exact) mass is 234 g/mol. The second kappa shape index (κ2) is 5.91. The van der Waals surface area contributed by atoms with Gasteiger partial charge in [0.2, 0.25) is 0 Å². The van der Waals surface area contributed by atoms with Crippen LogP contribution < -0.4 is 0 Å². The molecule has 84 valence electrons. The third kappa shape index (κ3) is 4.98. The fraction of sp³-hybridized carbons (Fsp3) is 0.333. The summed E-state index contributed by atoms with van der Waals surface area (Å²) in [5.41, 5.74) is 0.552. The van der Waals surface area contributed by atoms with E-state index in [2.05, 4.69) is 4.43 Å². The quantitative estimate of drug-likeness (QED) is 0.437. The number of aryl methyl sites for hydroxylation is 1. The van der Waals surface area contributed by atoms with E-state index < -0.39 is 27.9 Å². The maximum Gasteiger partial charge on any atom is 0.256 e. The van der Waals surface area contributed by atoms with Crippen LogP contribution in [-0.4, -0.2) is 26.5 Å². The second-order valence-corrected chi connectivity index (χ2v) is 4.53. The van der Waals surface area contributed by atoms with Crippen molar-refractivity contribution in [3.05, 3.63) is 35.4 Å². The SMILES string of the molecule is OC(O)O[SiH2]CCc1cc(F)cc(F)c1. The summed E-state index contributed by atoms with van der Waals surface area (Å²) in [6.07, 6.45) is 0.480. The first-order valence-corrected chi connectivity index (χ1v) is 6.08. The lowest BCUT2D eigenvalue weighted by molar-refractivity contribution is -0.180. The van der Waals surface area contributed by atoms with Crippen molar-refractivity contribution in [2.75, 3.05) is 0 Å². The number of aliphatic hydroxyl groups is 2. The van der Waals surface area contributed by atoms with Crippen molar-refractivity contribution in [1.29, 1.82) is 0 Å². The largest absolute Gasteiger partial charge is 0.379 e. The van der Waals surface area contributed by atoms with Crippen LogP contribution in [0.3, 0.4) is 0 Å². The van der Waals surface area contributed by atoms with Crippen LogP contribution in [0.25, 0.3) is 0 Å². The van der Waals surface area contributed by atoms with E-state index in [-0.39, 0.29) is 0 Å². The third-order valence-corrected chi connectivity index (χ3v) is 2.98. The number of halogens is 2. The molecule has 0 amide bonds. The highest BCUT2D eigenvalue weighted by atomic mass is 28.2. The van der Waals surface area contributed by atoms with E-state index in [9.17, 15) is 8.78 Å². The Labute approximate surface area is 88.3 Å². The lowest BCUT2D eigenvalue weighted by Gasteiger charge is -2.05. The molecule has 0 radical (unpaired) electrons. The molecule has 0 bridgehead atoms. The van der Waals surface area contributed by atoms with Crippen LogP contribution in [0.2, 0.25) is 6.04 Å². The smallest absolute Gasteiger partial charge is 0.256 e. The highest BCUT2D eigenvalue weighted by Gasteiger charge is 2.02. The highest BCUT2D eigenvalue weighted by molar-refractivity contribution is 6.27. The van der Waals surface area contributed by atoms with Crippen molar-refractivity contribution in [2.24, 2.45) is 0 Å². The third-order valence-electron chi connectivity index (χ3n) is 1.80. The molecule has 0 aromatic heterocycles. The van der Waals surface area contributed by atoms with Gasteiger partial charge in [0.1, 0.15) is 11.6 Å². The fourth-order valence-electron chi connectivity index (χ4n) is 1.22. The molecule has 3 nitrogen and oxygen atoms in total.